The van der Waals surface area contributed by atoms with Gasteiger partial charge in [0.1, 0.15) is 23.9 Å². The summed E-state index contributed by atoms with van der Waals surface area (Å²) in [5, 5.41) is 44.4. The van der Waals surface area contributed by atoms with Gasteiger partial charge >= 0.3 is 23.9 Å². The van der Waals surface area contributed by atoms with E-state index in [0.717, 1.165) is 13.8 Å². The van der Waals surface area contributed by atoms with Gasteiger partial charge in [-0.3, -0.25) is 19.2 Å². The number of carbonyl (C=O) groups excluding carboxylic acids is 6. The Hall–Kier alpha value is -6.43. The van der Waals surface area contributed by atoms with E-state index in [1.165, 1.54) is 39.8 Å². The SMILES string of the molecule is CC(=O)O[C@H]1C(=O)[C@]2(C)[C@H](O)[C@@H](N=[N+]=[N-])[C@H]3OC[C@@]3(OC(C)=O)[C@H]2[C@H](OC(=O)c2ccccc2)[C@]2(O)C[C@H](OC(=O)[C@H](O)[C@@H](NC(=O)c3ccccc3)c3ccccc3)C(C)=C1C2(C)C. The molecule has 18 nitrogen and oxygen atoms in total. The summed E-state index contributed by atoms with van der Waals surface area (Å²) in [6, 6.07) is 20.9. The maximum atomic E-state index is 15.7. The number of azide groups is 1. The van der Waals surface area contributed by atoms with Crippen molar-refractivity contribution >= 4 is 35.6 Å². The molecule has 4 N–H and O–H groups in total. The highest BCUT2D eigenvalue weighted by Crippen LogP contribution is 2.65. The minimum atomic E-state index is -2.51. The number of nitrogens with one attached hydrogen (secondary N) is 1. The van der Waals surface area contributed by atoms with Crippen molar-refractivity contribution in [3.63, 3.8) is 0 Å². The number of nitrogens with zero attached hydrogens (tertiary/aromatic N) is 3. The van der Waals surface area contributed by atoms with Gasteiger partial charge in [0.25, 0.3) is 5.91 Å². The molecule has 2 bridgehead atoms. The van der Waals surface area contributed by atoms with Crippen molar-refractivity contribution in [2.75, 3.05) is 6.61 Å². The molecule has 0 aromatic heterocycles. The van der Waals surface area contributed by atoms with Crippen molar-refractivity contribution < 1.29 is 67.8 Å². The van der Waals surface area contributed by atoms with Gasteiger partial charge in [0.15, 0.2) is 23.6 Å². The highest BCUT2D eigenvalue weighted by atomic mass is 16.6. The molecule has 3 aliphatic carbocycles. The molecule has 1 amide bonds. The molecule has 0 unspecified atom stereocenters. The monoisotopic (exact) mass is 894 g/mol. The summed E-state index contributed by atoms with van der Waals surface area (Å²) in [4.78, 5) is 87.0. The maximum Gasteiger partial charge on any atom is 0.338 e. The molecule has 1 aliphatic heterocycles. The Morgan fingerprint density at radius 2 is 1.46 bits per heavy atom. The minimum absolute atomic E-state index is 0.00593. The third-order valence-electron chi connectivity index (χ3n) is 13.7. The Morgan fingerprint density at radius 3 is 2.00 bits per heavy atom. The lowest BCUT2D eigenvalue weighted by Gasteiger charge is -2.68. The number of fused-ring (bicyclic) bond motifs is 5. The van der Waals surface area contributed by atoms with Gasteiger partial charge in [-0.2, -0.15) is 0 Å². The first kappa shape index (κ1) is 46.6. The first-order valence-electron chi connectivity index (χ1n) is 21.0. The van der Waals surface area contributed by atoms with Crippen molar-refractivity contribution in [1.29, 1.82) is 0 Å². The summed E-state index contributed by atoms with van der Waals surface area (Å²) in [5.41, 5.74) is 1.58. The van der Waals surface area contributed by atoms with Crippen LogP contribution < -0.4 is 5.32 Å². The van der Waals surface area contributed by atoms with Gasteiger partial charge in [-0.1, -0.05) is 85.7 Å². The molecular formula is C47H50N4O14. The lowest BCUT2D eigenvalue weighted by Crippen LogP contribution is -2.84. The van der Waals surface area contributed by atoms with Gasteiger partial charge in [-0.05, 0) is 60.4 Å². The van der Waals surface area contributed by atoms with E-state index in [1.807, 2.05) is 0 Å². The second-order valence-corrected chi connectivity index (χ2v) is 17.7. The Labute approximate surface area is 373 Å². The van der Waals surface area contributed by atoms with E-state index in [-0.39, 0.29) is 22.3 Å². The van der Waals surface area contributed by atoms with Crippen LogP contribution in [0.5, 0.6) is 0 Å². The number of aliphatic hydroxyl groups excluding tert-OH is 2. The molecule has 0 radical (unpaired) electrons. The van der Waals surface area contributed by atoms with Crippen molar-refractivity contribution in [3.05, 3.63) is 129 Å². The fraction of sp³-hybridized carbons (Fsp3) is 0.447. The summed E-state index contributed by atoms with van der Waals surface area (Å²) >= 11 is 0. The van der Waals surface area contributed by atoms with E-state index in [1.54, 1.807) is 78.9 Å². The molecule has 3 aromatic carbocycles. The van der Waals surface area contributed by atoms with E-state index in [4.69, 9.17) is 23.7 Å². The zero-order chi connectivity index (χ0) is 47.2. The zero-order valence-corrected chi connectivity index (χ0v) is 36.4. The predicted octanol–water partition coefficient (Wildman–Crippen LogP) is 4.02. The van der Waals surface area contributed by atoms with Crippen LogP contribution in [0.1, 0.15) is 80.3 Å². The Bertz CT molecular complexity index is 2460. The first-order chi connectivity index (χ1) is 30.7. The number of hydrogen-bond donors (Lipinski definition) is 4. The Balaban J connectivity index is 1.42. The quantitative estimate of drug-likeness (QED) is 0.0529. The van der Waals surface area contributed by atoms with Crippen LogP contribution in [0.2, 0.25) is 0 Å². The first-order valence-corrected chi connectivity index (χ1v) is 21.0. The average molecular weight is 895 g/mol. The number of rotatable bonds is 11. The molecule has 65 heavy (non-hydrogen) atoms. The van der Waals surface area contributed by atoms with Crippen LogP contribution in [0.4, 0.5) is 0 Å². The highest BCUT2D eigenvalue weighted by Gasteiger charge is 2.80. The number of ketones is 1. The molecule has 342 valence electrons. The average Bonchev–Trinajstić information content (AvgIpc) is 3.27. The minimum Gasteiger partial charge on any atom is -0.456 e. The molecule has 1 saturated heterocycles. The van der Waals surface area contributed by atoms with Gasteiger partial charge in [0.2, 0.25) is 0 Å². The molecule has 0 spiro atoms. The number of carbonyl (C=O) groups is 6. The van der Waals surface area contributed by atoms with E-state index in [2.05, 4.69) is 15.3 Å². The van der Waals surface area contributed by atoms with Gasteiger partial charge < -0.3 is 44.3 Å². The second-order valence-electron chi connectivity index (χ2n) is 17.7. The van der Waals surface area contributed by atoms with E-state index in [0.29, 0.717) is 5.56 Å². The van der Waals surface area contributed by atoms with Crippen LogP contribution >= 0.6 is 0 Å². The predicted molar refractivity (Wildman–Crippen MR) is 226 cm³/mol. The number of aliphatic hydroxyl groups is 3. The smallest absolute Gasteiger partial charge is 0.338 e. The number of ether oxygens (including phenoxy) is 5. The molecule has 3 fully saturated rings. The van der Waals surface area contributed by atoms with Crippen LogP contribution in [0.3, 0.4) is 0 Å². The van der Waals surface area contributed by atoms with Crippen LogP contribution in [-0.4, -0.2) is 111 Å². The molecule has 18 heteroatoms. The molecule has 4 aliphatic rings. The van der Waals surface area contributed by atoms with Gasteiger partial charge in [0, 0.05) is 36.2 Å². The topological polar surface area (TPSA) is 270 Å². The summed E-state index contributed by atoms with van der Waals surface area (Å²) in [7, 11) is 0. The molecule has 3 aromatic rings. The van der Waals surface area contributed by atoms with Gasteiger partial charge in [-0.25, -0.2) is 9.59 Å². The number of hydrogen-bond acceptors (Lipinski definition) is 15. The fourth-order valence-corrected chi connectivity index (χ4v) is 10.5. The standard InChI is InChI=1S/C47H50N4O14/c1-24-30(63-43(59)34(54)32(27-16-10-7-11-17-27)49-41(57)28-18-12-8-13-19-28)22-47(60)40(64-42(58)29-20-14-9-15-21-29)36-45(6,38(56)35(62-25(2)52)31(24)44(47,4)5)37(55)33(50-51-48)39-46(36,23-61-39)65-26(3)53/h7-21,30,32-37,39-40,54-55,60H,22-23H2,1-6H3,(H,49,57)/t30-,32-,33+,34+,35+,36-,37+,39+,40-,45-,46+,47+/m0/s1. The lowest BCUT2D eigenvalue weighted by atomic mass is 9.44. The summed E-state index contributed by atoms with van der Waals surface area (Å²) < 4.78 is 30.2. The summed E-state index contributed by atoms with van der Waals surface area (Å²) in [5.74, 6) is -7.56. The third kappa shape index (κ3) is 7.74. The number of esters is 4. The van der Waals surface area contributed by atoms with E-state index < -0.39 is 125 Å². The van der Waals surface area contributed by atoms with Crippen LogP contribution in [0.25, 0.3) is 10.4 Å². The molecule has 7 rings (SSSR count). The number of amides is 1. The Kier molecular flexibility index (Phi) is 12.5. The third-order valence-corrected chi connectivity index (χ3v) is 13.7. The Morgan fingerprint density at radius 1 is 0.877 bits per heavy atom. The van der Waals surface area contributed by atoms with Crippen molar-refractivity contribution in [1.82, 2.24) is 5.32 Å². The number of benzene rings is 3. The highest BCUT2D eigenvalue weighted by molar-refractivity contribution is 5.96. The number of Topliss-reactive ketones (excluding diaryl/α,β-unsaturated/α-hetero) is 1. The van der Waals surface area contributed by atoms with Crippen LogP contribution in [0.15, 0.2) is 107 Å². The van der Waals surface area contributed by atoms with Crippen molar-refractivity contribution in [3.8, 4) is 0 Å². The lowest BCUT2D eigenvalue weighted by molar-refractivity contribution is -0.350. The van der Waals surface area contributed by atoms with Crippen molar-refractivity contribution in [2.45, 2.75) is 108 Å². The normalized spacial score (nSPS) is 31.9. The summed E-state index contributed by atoms with van der Waals surface area (Å²) in [6.45, 7) is 7.36. The fourth-order valence-electron chi connectivity index (χ4n) is 10.5. The second kappa shape index (κ2) is 17.5. The van der Waals surface area contributed by atoms with E-state index >= 15 is 4.79 Å². The summed E-state index contributed by atoms with van der Waals surface area (Å²) in [6.07, 6.45) is -11.7. The van der Waals surface area contributed by atoms with Crippen molar-refractivity contribution in [2.24, 2.45) is 21.9 Å². The molecule has 2 saturated carbocycles. The molecule has 12 atom stereocenters. The van der Waals surface area contributed by atoms with Crippen LogP contribution in [0, 0.1) is 16.7 Å². The molecular weight excluding hydrogens is 845 g/mol. The zero-order valence-electron chi connectivity index (χ0n) is 36.4. The van der Waals surface area contributed by atoms with Crippen LogP contribution in [-0.2, 0) is 42.9 Å². The van der Waals surface area contributed by atoms with Gasteiger partial charge in [0.05, 0.1) is 41.7 Å². The van der Waals surface area contributed by atoms with E-state index in [9.17, 15) is 44.8 Å². The largest absolute Gasteiger partial charge is 0.456 e. The maximum absolute atomic E-state index is 15.7. The molecule has 1 heterocycles. The van der Waals surface area contributed by atoms with Gasteiger partial charge in [-0.15, -0.1) is 0 Å².